The van der Waals surface area contributed by atoms with E-state index in [4.69, 9.17) is 0 Å². The topological polar surface area (TPSA) is 41.1 Å². The van der Waals surface area contributed by atoms with Crippen LogP contribution in [0.3, 0.4) is 0 Å². The van der Waals surface area contributed by atoms with Crippen molar-refractivity contribution in [2.45, 2.75) is 31.2 Å². The molecule has 1 rings (SSSR count). The molecule has 1 aromatic carbocycles. The van der Waals surface area contributed by atoms with Crippen LogP contribution in [0.4, 0.5) is 41.2 Å². The van der Waals surface area contributed by atoms with E-state index in [1.807, 2.05) is 0 Å². The molecule has 0 aromatic heterocycles. The summed E-state index contributed by atoms with van der Waals surface area (Å²) in [6.45, 7) is 0.629. The molecular formula is C12H11F7N2O. The van der Waals surface area contributed by atoms with E-state index >= 15 is 0 Å². The minimum Gasteiger partial charge on any atom is -0.316 e. The molecule has 1 aromatic rings. The average molecular weight is 332 g/mol. The van der Waals surface area contributed by atoms with Crippen LogP contribution in [0.5, 0.6) is 0 Å². The molecule has 22 heavy (non-hydrogen) atoms. The standard InChI is InChI=1S/C12H11F7N2O/c1-2-10(11(14,15)16,12(17,18)19)21-9(22)20-8-6-4-3-5-7(8)13/h3-6H,2H2,1H3,(H2,20,21,22). The van der Waals surface area contributed by atoms with Gasteiger partial charge in [-0.25, -0.2) is 9.18 Å². The van der Waals surface area contributed by atoms with Crippen LogP contribution in [-0.4, -0.2) is 23.9 Å². The number of hydrogen-bond donors (Lipinski definition) is 2. The van der Waals surface area contributed by atoms with Crippen molar-refractivity contribution in [1.29, 1.82) is 0 Å². The first-order chi connectivity index (χ1) is 9.94. The third-order valence-electron chi connectivity index (χ3n) is 2.95. The van der Waals surface area contributed by atoms with Crippen LogP contribution in [-0.2, 0) is 0 Å². The highest BCUT2D eigenvalue weighted by atomic mass is 19.4. The summed E-state index contributed by atoms with van der Waals surface area (Å²) in [7, 11) is 0. The normalized spacial score (nSPS) is 12.9. The Balaban J connectivity index is 3.06. The van der Waals surface area contributed by atoms with Crippen molar-refractivity contribution in [2.24, 2.45) is 0 Å². The third-order valence-corrected chi connectivity index (χ3v) is 2.95. The monoisotopic (exact) mass is 332 g/mol. The summed E-state index contributed by atoms with van der Waals surface area (Å²) in [5, 5.41) is 2.49. The lowest BCUT2D eigenvalue weighted by Gasteiger charge is -2.37. The number of carbonyl (C=O) groups is 1. The number of benzene rings is 1. The van der Waals surface area contributed by atoms with Gasteiger partial charge in [0.05, 0.1) is 5.69 Å². The minimum atomic E-state index is -5.77. The van der Waals surface area contributed by atoms with Crippen LogP contribution in [0.1, 0.15) is 13.3 Å². The van der Waals surface area contributed by atoms with Crippen molar-refractivity contribution < 1.29 is 35.5 Å². The Morgan fingerprint density at radius 3 is 1.95 bits per heavy atom. The Hall–Kier alpha value is -2.00. The van der Waals surface area contributed by atoms with Gasteiger partial charge in [-0.3, -0.25) is 0 Å². The number of amides is 2. The Morgan fingerprint density at radius 1 is 1.05 bits per heavy atom. The summed E-state index contributed by atoms with van der Waals surface area (Å²) >= 11 is 0. The van der Waals surface area contributed by atoms with Crippen LogP contribution in [0.2, 0.25) is 0 Å². The van der Waals surface area contributed by atoms with Gasteiger partial charge in [-0.2, -0.15) is 26.3 Å². The molecule has 0 spiro atoms. The van der Waals surface area contributed by atoms with Crippen LogP contribution in [0, 0.1) is 5.82 Å². The molecule has 2 amide bonds. The molecule has 0 aliphatic rings. The smallest absolute Gasteiger partial charge is 0.316 e. The van der Waals surface area contributed by atoms with Gasteiger partial charge in [0, 0.05) is 0 Å². The van der Waals surface area contributed by atoms with Gasteiger partial charge in [0.2, 0.25) is 5.54 Å². The fourth-order valence-electron chi connectivity index (χ4n) is 1.70. The van der Waals surface area contributed by atoms with Gasteiger partial charge in [-0.1, -0.05) is 19.1 Å². The predicted octanol–water partition coefficient (Wildman–Crippen LogP) is 4.22. The number of carbonyl (C=O) groups excluding carboxylic acids is 1. The summed E-state index contributed by atoms with van der Waals surface area (Å²) in [5.74, 6) is -1.00. The third kappa shape index (κ3) is 3.42. The second-order valence-electron chi connectivity index (χ2n) is 4.31. The van der Waals surface area contributed by atoms with E-state index in [2.05, 4.69) is 0 Å². The molecule has 3 nitrogen and oxygen atoms in total. The zero-order valence-electron chi connectivity index (χ0n) is 11.1. The van der Waals surface area contributed by atoms with Crippen molar-refractivity contribution in [3.63, 3.8) is 0 Å². The Kier molecular flexibility index (Phi) is 4.93. The molecule has 2 N–H and O–H groups in total. The van der Waals surface area contributed by atoms with Crippen molar-refractivity contribution in [2.75, 3.05) is 5.32 Å². The van der Waals surface area contributed by atoms with E-state index in [0.29, 0.717) is 6.92 Å². The molecule has 0 atom stereocenters. The van der Waals surface area contributed by atoms with Crippen molar-refractivity contribution in [3.8, 4) is 0 Å². The Bertz CT molecular complexity index is 525. The molecule has 0 fully saturated rings. The van der Waals surface area contributed by atoms with E-state index in [-0.39, 0.29) is 0 Å². The average Bonchev–Trinajstić information content (AvgIpc) is 2.35. The Morgan fingerprint density at radius 2 is 1.55 bits per heavy atom. The largest absolute Gasteiger partial charge is 0.420 e. The number of anilines is 1. The maximum Gasteiger partial charge on any atom is 0.420 e. The fraction of sp³-hybridized carbons (Fsp3) is 0.417. The lowest BCUT2D eigenvalue weighted by Crippen LogP contribution is -2.67. The first-order valence-corrected chi connectivity index (χ1v) is 5.92. The molecule has 0 saturated carbocycles. The molecule has 0 heterocycles. The van der Waals surface area contributed by atoms with Crippen molar-refractivity contribution in [3.05, 3.63) is 30.1 Å². The van der Waals surface area contributed by atoms with E-state index in [9.17, 15) is 35.5 Å². The maximum atomic E-state index is 13.2. The van der Waals surface area contributed by atoms with Gasteiger partial charge in [-0.15, -0.1) is 0 Å². The number of nitrogens with one attached hydrogen (secondary N) is 2. The number of urea groups is 1. The highest BCUT2D eigenvalue weighted by Crippen LogP contribution is 2.45. The first kappa shape index (κ1) is 18.1. The summed E-state index contributed by atoms with van der Waals surface area (Å²) in [4.78, 5) is 11.4. The molecule has 10 heteroatoms. The van der Waals surface area contributed by atoms with Crippen LogP contribution >= 0.6 is 0 Å². The van der Waals surface area contributed by atoms with Crippen LogP contribution in [0.15, 0.2) is 24.3 Å². The SMILES string of the molecule is CCC(NC(=O)Nc1ccccc1F)(C(F)(F)F)C(F)(F)F. The van der Waals surface area contributed by atoms with Crippen molar-refractivity contribution >= 4 is 11.7 Å². The zero-order chi connectivity index (χ0) is 17.2. The highest BCUT2D eigenvalue weighted by molar-refractivity contribution is 5.90. The first-order valence-electron chi connectivity index (χ1n) is 5.92. The summed E-state index contributed by atoms with van der Waals surface area (Å²) < 4.78 is 90.1. The number of alkyl halides is 6. The molecule has 0 radical (unpaired) electrons. The fourth-order valence-corrected chi connectivity index (χ4v) is 1.70. The van der Waals surface area contributed by atoms with E-state index in [1.54, 1.807) is 5.32 Å². The van der Waals surface area contributed by atoms with Gasteiger partial charge in [0.15, 0.2) is 0 Å². The van der Waals surface area contributed by atoms with E-state index in [0.717, 1.165) is 17.4 Å². The van der Waals surface area contributed by atoms with Crippen LogP contribution < -0.4 is 10.6 Å². The Labute approximate surface area is 120 Å². The van der Waals surface area contributed by atoms with E-state index in [1.165, 1.54) is 12.1 Å². The summed E-state index contributed by atoms with van der Waals surface area (Å²) in [6, 6.07) is 2.54. The van der Waals surface area contributed by atoms with Crippen LogP contribution in [0.25, 0.3) is 0 Å². The zero-order valence-corrected chi connectivity index (χ0v) is 11.1. The van der Waals surface area contributed by atoms with Crippen molar-refractivity contribution in [1.82, 2.24) is 5.32 Å². The molecule has 0 aliphatic carbocycles. The predicted molar refractivity (Wildman–Crippen MR) is 63.7 cm³/mol. The summed E-state index contributed by atoms with van der Waals surface area (Å²) in [6.07, 6.45) is -13.0. The molecule has 0 aliphatic heterocycles. The molecule has 0 bridgehead atoms. The summed E-state index contributed by atoms with van der Waals surface area (Å²) in [5.41, 5.74) is -4.97. The molecule has 0 saturated heterocycles. The number of rotatable bonds is 3. The highest BCUT2D eigenvalue weighted by Gasteiger charge is 2.70. The van der Waals surface area contributed by atoms with Gasteiger partial charge >= 0.3 is 18.4 Å². The number of halogens is 7. The number of hydrogen-bond acceptors (Lipinski definition) is 1. The second kappa shape index (κ2) is 6.01. The van der Waals surface area contributed by atoms with Gasteiger partial charge in [0.1, 0.15) is 5.82 Å². The maximum absolute atomic E-state index is 13.2. The minimum absolute atomic E-state index is 0.547. The van der Waals surface area contributed by atoms with Gasteiger partial charge in [0.25, 0.3) is 0 Å². The number of para-hydroxylation sites is 1. The molecular weight excluding hydrogens is 321 g/mol. The van der Waals surface area contributed by atoms with Gasteiger partial charge < -0.3 is 10.6 Å². The lowest BCUT2D eigenvalue weighted by atomic mass is 9.94. The van der Waals surface area contributed by atoms with Gasteiger partial charge in [-0.05, 0) is 18.6 Å². The lowest BCUT2D eigenvalue weighted by molar-refractivity contribution is -0.304. The quantitative estimate of drug-likeness (QED) is 0.800. The molecule has 0 unspecified atom stereocenters. The van der Waals surface area contributed by atoms with E-state index < -0.39 is 41.8 Å². The molecule has 124 valence electrons. The second-order valence-corrected chi connectivity index (χ2v) is 4.31.